The average molecular weight is 273 g/mol. The lowest BCUT2D eigenvalue weighted by Gasteiger charge is -2.00. The molecule has 3 aromatic rings. The molecule has 3 heterocycles. The van der Waals surface area contributed by atoms with Crippen LogP contribution in [0.4, 0.5) is 0 Å². The molecule has 0 saturated carbocycles. The lowest BCUT2D eigenvalue weighted by molar-refractivity contribution is 0.155. The molecule has 0 atom stereocenters. The van der Waals surface area contributed by atoms with Crippen molar-refractivity contribution in [2.75, 3.05) is 7.11 Å². The minimum atomic E-state index is -0.0110. The number of rotatable bonds is 5. The summed E-state index contributed by atoms with van der Waals surface area (Å²) in [5.41, 5.74) is 2.48. The quantitative estimate of drug-likeness (QED) is 0.766. The molecule has 0 radical (unpaired) electrons. The standard InChI is InChI=1S/C14H15N3O3/c1-19-9-12-5-11(16-20-12)7-17-6-10(8-18)13-3-2-4-15-14(13)17/h2-6,18H,7-9H2,1H3. The Balaban J connectivity index is 1.93. The number of pyridine rings is 1. The van der Waals surface area contributed by atoms with Crippen LogP contribution in [0.2, 0.25) is 0 Å². The van der Waals surface area contributed by atoms with Gasteiger partial charge < -0.3 is 18.9 Å². The van der Waals surface area contributed by atoms with E-state index in [4.69, 9.17) is 9.26 Å². The van der Waals surface area contributed by atoms with Gasteiger partial charge in [-0.25, -0.2) is 4.98 Å². The van der Waals surface area contributed by atoms with E-state index in [-0.39, 0.29) is 6.61 Å². The van der Waals surface area contributed by atoms with Crippen LogP contribution >= 0.6 is 0 Å². The highest BCUT2D eigenvalue weighted by Gasteiger charge is 2.11. The van der Waals surface area contributed by atoms with Gasteiger partial charge in [0.1, 0.15) is 17.9 Å². The van der Waals surface area contributed by atoms with E-state index in [0.29, 0.717) is 18.9 Å². The molecule has 0 saturated heterocycles. The highest BCUT2D eigenvalue weighted by atomic mass is 16.5. The molecule has 0 aliphatic carbocycles. The molecule has 6 heteroatoms. The van der Waals surface area contributed by atoms with E-state index in [1.165, 1.54) is 0 Å². The summed E-state index contributed by atoms with van der Waals surface area (Å²) in [6.07, 6.45) is 3.63. The van der Waals surface area contributed by atoms with Crippen LogP contribution in [0.3, 0.4) is 0 Å². The second-order valence-corrected chi connectivity index (χ2v) is 4.53. The van der Waals surface area contributed by atoms with E-state index >= 15 is 0 Å². The molecule has 1 N–H and O–H groups in total. The van der Waals surface area contributed by atoms with Crippen molar-refractivity contribution in [1.29, 1.82) is 0 Å². The van der Waals surface area contributed by atoms with Crippen molar-refractivity contribution in [3.05, 3.63) is 47.6 Å². The van der Waals surface area contributed by atoms with Gasteiger partial charge in [-0.05, 0) is 12.1 Å². The molecule has 104 valence electrons. The fourth-order valence-corrected chi connectivity index (χ4v) is 2.26. The summed E-state index contributed by atoms with van der Waals surface area (Å²) in [6.45, 7) is 0.934. The van der Waals surface area contributed by atoms with E-state index in [2.05, 4.69) is 10.1 Å². The second kappa shape index (κ2) is 5.44. The molecule has 6 nitrogen and oxygen atoms in total. The number of hydrogen-bond acceptors (Lipinski definition) is 5. The third kappa shape index (κ3) is 2.31. The summed E-state index contributed by atoms with van der Waals surface area (Å²) in [5, 5.41) is 14.4. The van der Waals surface area contributed by atoms with Gasteiger partial charge in [0, 0.05) is 36.5 Å². The Kier molecular flexibility index (Phi) is 3.49. The van der Waals surface area contributed by atoms with Gasteiger partial charge in [0.15, 0.2) is 5.76 Å². The predicted octanol–water partition coefficient (Wildman–Crippen LogP) is 1.71. The summed E-state index contributed by atoms with van der Waals surface area (Å²) in [6, 6.07) is 5.67. The molecular weight excluding hydrogens is 258 g/mol. The molecule has 0 bridgehead atoms. The van der Waals surface area contributed by atoms with Crippen LogP contribution in [-0.2, 0) is 24.5 Å². The van der Waals surface area contributed by atoms with Crippen molar-refractivity contribution in [2.45, 2.75) is 19.8 Å². The molecule has 0 aliphatic rings. The lowest BCUT2D eigenvalue weighted by atomic mass is 10.2. The Labute approximate surface area is 115 Å². The smallest absolute Gasteiger partial charge is 0.162 e. The van der Waals surface area contributed by atoms with Crippen LogP contribution in [0.1, 0.15) is 17.0 Å². The van der Waals surface area contributed by atoms with Gasteiger partial charge in [-0.15, -0.1) is 0 Å². The lowest BCUT2D eigenvalue weighted by Crippen LogP contribution is -1.99. The molecule has 0 aromatic carbocycles. The third-order valence-electron chi connectivity index (χ3n) is 3.11. The molecule has 3 rings (SSSR count). The Morgan fingerprint density at radius 3 is 3.15 bits per heavy atom. The van der Waals surface area contributed by atoms with E-state index in [0.717, 1.165) is 22.3 Å². The maximum absolute atomic E-state index is 9.40. The first-order valence-corrected chi connectivity index (χ1v) is 6.29. The highest BCUT2D eigenvalue weighted by molar-refractivity contribution is 5.80. The fourth-order valence-electron chi connectivity index (χ4n) is 2.26. The maximum Gasteiger partial charge on any atom is 0.162 e. The molecule has 20 heavy (non-hydrogen) atoms. The number of aliphatic hydroxyl groups is 1. The van der Waals surface area contributed by atoms with E-state index in [1.54, 1.807) is 13.3 Å². The number of ether oxygens (including phenoxy) is 1. The monoisotopic (exact) mass is 273 g/mol. The molecule has 0 unspecified atom stereocenters. The molecular formula is C14H15N3O3. The minimum absolute atomic E-state index is 0.0110. The zero-order valence-corrected chi connectivity index (χ0v) is 11.1. The predicted molar refractivity (Wildman–Crippen MR) is 72.0 cm³/mol. The van der Waals surface area contributed by atoms with Gasteiger partial charge in [0.2, 0.25) is 0 Å². The van der Waals surface area contributed by atoms with Crippen molar-refractivity contribution in [3.8, 4) is 0 Å². The normalized spacial score (nSPS) is 11.3. The van der Waals surface area contributed by atoms with Crippen molar-refractivity contribution in [2.24, 2.45) is 0 Å². The van der Waals surface area contributed by atoms with Gasteiger partial charge >= 0.3 is 0 Å². The SMILES string of the molecule is COCc1cc(Cn2cc(CO)c3cccnc32)no1. The number of hydrogen-bond donors (Lipinski definition) is 1. The number of nitrogens with zero attached hydrogens (tertiary/aromatic N) is 3. The average Bonchev–Trinajstić information content (AvgIpc) is 3.05. The van der Waals surface area contributed by atoms with Gasteiger partial charge in [0.25, 0.3) is 0 Å². The topological polar surface area (TPSA) is 73.3 Å². The second-order valence-electron chi connectivity index (χ2n) is 4.53. The van der Waals surface area contributed by atoms with Crippen molar-refractivity contribution in [3.63, 3.8) is 0 Å². The van der Waals surface area contributed by atoms with Crippen LogP contribution in [0.5, 0.6) is 0 Å². The molecule has 0 amide bonds. The van der Waals surface area contributed by atoms with Crippen molar-refractivity contribution < 1.29 is 14.4 Å². The van der Waals surface area contributed by atoms with E-state index in [1.807, 2.05) is 29.0 Å². The maximum atomic E-state index is 9.40. The molecule has 3 aromatic heterocycles. The van der Waals surface area contributed by atoms with Crippen LogP contribution in [0.25, 0.3) is 11.0 Å². The van der Waals surface area contributed by atoms with Crippen molar-refractivity contribution in [1.82, 2.24) is 14.7 Å². The van der Waals surface area contributed by atoms with Crippen LogP contribution in [0.15, 0.2) is 35.1 Å². The van der Waals surface area contributed by atoms with E-state index in [9.17, 15) is 5.11 Å². The highest BCUT2D eigenvalue weighted by Crippen LogP contribution is 2.20. The number of methoxy groups -OCH3 is 1. The minimum Gasteiger partial charge on any atom is -0.392 e. The number of fused-ring (bicyclic) bond motifs is 1. The third-order valence-corrected chi connectivity index (χ3v) is 3.11. The summed E-state index contributed by atoms with van der Waals surface area (Å²) in [5.74, 6) is 0.689. The molecule has 0 spiro atoms. The largest absolute Gasteiger partial charge is 0.392 e. The van der Waals surface area contributed by atoms with Gasteiger partial charge in [-0.3, -0.25) is 0 Å². The Hall–Kier alpha value is -2.18. The number of aliphatic hydroxyl groups excluding tert-OH is 1. The van der Waals surface area contributed by atoms with E-state index < -0.39 is 0 Å². The first-order valence-electron chi connectivity index (χ1n) is 6.29. The summed E-state index contributed by atoms with van der Waals surface area (Å²) >= 11 is 0. The van der Waals surface area contributed by atoms with Crippen LogP contribution in [0, 0.1) is 0 Å². The van der Waals surface area contributed by atoms with Gasteiger partial charge in [-0.1, -0.05) is 5.16 Å². The van der Waals surface area contributed by atoms with Crippen LogP contribution in [-0.4, -0.2) is 26.9 Å². The first kappa shape index (κ1) is 12.8. The summed E-state index contributed by atoms with van der Waals surface area (Å²) in [7, 11) is 1.61. The Bertz CT molecular complexity index is 717. The Morgan fingerprint density at radius 1 is 1.45 bits per heavy atom. The van der Waals surface area contributed by atoms with Crippen LogP contribution < -0.4 is 0 Å². The Morgan fingerprint density at radius 2 is 2.35 bits per heavy atom. The fraction of sp³-hybridized carbons (Fsp3) is 0.286. The summed E-state index contributed by atoms with van der Waals surface area (Å²) in [4.78, 5) is 4.36. The molecule has 0 aliphatic heterocycles. The zero-order chi connectivity index (χ0) is 13.9. The number of aromatic nitrogens is 3. The first-order chi connectivity index (χ1) is 9.81. The van der Waals surface area contributed by atoms with Gasteiger partial charge in [-0.2, -0.15) is 0 Å². The summed E-state index contributed by atoms with van der Waals surface area (Å²) < 4.78 is 12.1. The zero-order valence-electron chi connectivity index (χ0n) is 11.1. The molecule has 0 fully saturated rings. The van der Waals surface area contributed by atoms with Crippen molar-refractivity contribution >= 4 is 11.0 Å². The van der Waals surface area contributed by atoms with Gasteiger partial charge in [0.05, 0.1) is 13.2 Å².